The van der Waals surface area contributed by atoms with Gasteiger partial charge in [-0.1, -0.05) is 35.5 Å². The summed E-state index contributed by atoms with van der Waals surface area (Å²) in [5.74, 6) is -0.405. The summed E-state index contributed by atoms with van der Waals surface area (Å²) in [7, 11) is 0. The molecule has 9 heteroatoms. The molecule has 0 unspecified atom stereocenters. The van der Waals surface area contributed by atoms with E-state index in [1.165, 1.54) is 12.4 Å². The molecule has 0 atom stereocenters. The number of amides is 3. The van der Waals surface area contributed by atoms with Gasteiger partial charge >= 0.3 is 6.03 Å². The molecule has 0 saturated carbocycles. The molecule has 0 aliphatic carbocycles. The molecule has 2 aromatic rings. The number of carbonyl (C=O) groups is 2. The van der Waals surface area contributed by atoms with Crippen LogP contribution in [-0.4, -0.2) is 39.0 Å². The van der Waals surface area contributed by atoms with Crippen molar-refractivity contribution in [3.63, 3.8) is 0 Å². The van der Waals surface area contributed by atoms with Gasteiger partial charge in [-0.3, -0.25) is 14.7 Å². The lowest BCUT2D eigenvalue weighted by molar-refractivity contribution is -0.117. The summed E-state index contributed by atoms with van der Waals surface area (Å²) in [4.78, 5) is 23.1. The van der Waals surface area contributed by atoms with Gasteiger partial charge in [0.05, 0.1) is 11.4 Å². The summed E-state index contributed by atoms with van der Waals surface area (Å²) in [6.45, 7) is 3.75. The number of rotatable bonds is 6. The molecule has 0 bridgehead atoms. The van der Waals surface area contributed by atoms with Gasteiger partial charge in [-0.25, -0.2) is 4.79 Å². The third-order valence-electron chi connectivity index (χ3n) is 2.60. The average molecular weight is 352 g/mol. The zero-order chi connectivity index (χ0) is 16.7. The fraction of sp³-hybridized carbons (Fsp3) is 0.143. The zero-order valence-electron chi connectivity index (χ0n) is 12.0. The van der Waals surface area contributed by atoms with E-state index < -0.39 is 11.9 Å². The van der Waals surface area contributed by atoms with Gasteiger partial charge in [0, 0.05) is 11.6 Å². The minimum absolute atomic E-state index is 0.0285. The van der Waals surface area contributed by atoms with E-state index in [1.807, 2.05) is 12.1 Å². The minimum Gasteiger partial charge on any atom is -0.334 e. The molecule has 1 aromatic heterocycles. The Bertz CT molecular complexity index is 719. The third-order valence-corrected chi connectivity index (χ3v) is 3.77. The molecule has 23 heavy (non-hydrogen) atoms. The number of hydrogen-bond acceptors (Lipinski definition) is 5. The maximum absolute atomic E-state index is 11.7. The number of urea groups is 1. The molecule has 1 aromatic carbocycles. The lowest BCUT2D eigenvalue weighted by atomic mass is 10.3. The second-order valence-corrected chi connectivity index (χ2v) is 5.68. The summed E-state index contributed by atoms with van der Waals surface area (Å²) >= 11 is 7.13. The van der Waals surface area contributed by atoms with Crippen LogP contribution in [-0.2, 0) is 4.79 Å². The highest BCUT2D eigenvalue weighted by molar-refractivity contribution is 7.99. The smallest absolute Gasteiger partial charge is 0.321 e. The summed E-state index contributed by atoms with van der Waals surface area (Å²) in [6.07, 6.45) is 3.05. The van der Waals surface area contributed by atoms with Crippen LogP contribution in [0.2, 0.25) is 5.02 Å². The van der Waals surface area contributed by atoms with Crippen LogP contribution in [0.1, 0.15) is 0 Å². The van der Waals surface area contributed by atoms with Gasteiger partial charge in [-0.2, -0.15) is 0 Å². The molecule has 1 heterocycles. The summed E-state index contributed by atoms with van der Waals surface area (Å²) in [5.41, 5.74) is 0.786. The third kappa shape index (κ3) is 5.11. The van der Waals surface area contributed by atoms with Crippen LogP contribution in [0, 0.1) is 0 Å². The van der Waals surface area contributed by atoms with Gasteiger partial charge in [0.25, 0.3) is 0 Å². The Morgan fingerprint density at radius 3 is 3.00 bits per heavy atom. The number of aromatic nitrogens is 3. The van der Waals surface area contributed by atoms with Gasteiger partial charge in [0.2, 0.25) is 5.91 Å². The van der Waals surface area contributed by atoms with E-state index in [4.69, 9.17) is 11.6 Å². The number of nitrogens with one attached hydrogen (secondary N) is 2. The largest absolute Gasteiger partial charge is 0.334 e. The van der Waals surface area contributed by atoms with Gasteiger partial charge in [0.1, 0.15) is 6.33 Å². The van der Waals surface area contributed by atoms with Crippen molar-refractivity contribution < 1.29 is 9.59 Å². The van der Waals surface area contributed by atoms with Crippen molar-refractivity contribution in [2.24, 2.45) is 0 Å². The molecule has 0 spiro atoms. The van der Waals surface area contributed by atoms with Crippen molar-refractivity contribution in [2.75, 3.05) is 12.3 Å². The molecule has 0 aliphatic heterocycles. The van der Waals surface area contributed by atoms with Crippen molar-refractivity contribution in [3.8, 4) is 5.69 Å². The van der Waals surface area contributed by atoms with Crippen molar-refractivity contribution >= 4 is 35.3 Å². The zero-order valence-corrected chi connectivity index (χ0v) is 13.6. The van der Waals surface area contributed by atoms with E-state index in [0.29, 0.717) is 10.2 Å². The first kappa shape index (κ1) is 17.0. The molecule has 2 rings (SSSR count). The van der Waals surface area contributed by atoms with Crippen LogP contribution >= 0.6 is 23.4 Å². The molecular formula is C14H14ClN5O2S. The molecule has 0 radical (unpaired) electrons. The highest BCUT2D eigenvalue weighted by Crippen LogP contribution is 2.21. The van der Waals surface area contributed by atoms with Crippen LogP contribution in [0.3, 0.4) is 0 Å². The van der Waals surface area contributed by atoms with Crippen molar-refractivity contribution in [3.05, 3.63) is 48.3 Å². The fourth-order valence-electron chi connectivity index (χ4n) is 1.63. The second-order valence-electron chi connectivity index (χ2n) is 4.30. The fourth-order valence-corrected chi connectivity index (χ4v) is 2.54. The standard InChI is InChI=1S/C14H14ClN5O2S/c1-2-6-16-13(22)18-12(21)8-23-14-19-17-9-20(14)11-5-3-4-10(15)7-11/h2-5,7,9H,1,6,8H2,(H2,16,18,21,22). The predicted octanol–water partition coefficient (Wildman–Crippen LogP) is 2.02. The Labute approximate surface area is 142 Å². The summed E-state index contributed by atoms with van der Waals surface area (Å²) < 4.78 is 1.71. The second kappa shape index (κ2) is 8.35. The quantitative estimate of drug-likeness (QED) is 0.614. The molecule has 0 saturated heterocycles. The topological polar surface area (TPSA) is 88.9 Å². The maximum Gasteiger partial charge on any atom is 0.321 e. The van der Waals surface area contributed by atoms with E-state index in [2.05, 4.69) is 27.4 Å². The van der Waals surface area contributed by atoms with Crippen LogP contribution in [0.15, 0.2) is 48.4 Å². The summed E-state index contributed by atoms with van der Waals surface area (Å²) in [6, 6.07) is 6.62. The maximum atomic E-state index is 11.7. The van der Waals surface area contributed by atoms with E-state index in [0.717, 1.165) is 17.4 Å². The highest BCUT2D eigenvalue weighted by Gasteiger charge is 2.12. The van der Waals surface area contributed by atoms with Gasteiger partial charge in [-0.05, 0) is 18.2 Å². The molecule has 120 valence electrons. The Kier molecular flexibility index (Phi) is 6.19. The van der Waals surface area contributed by atoms with Gasteiger partial charge < -0.3 is 5.32 Å². The van der Waals surface area contributed by atoms with E-state index in [-0.39, 0.29) is 12.3 Å². The lowest BCUT2D eigenvalue weighted by Gasteiger charge is -2.07. The molecule has 0 aliphatic rings. The Hall–Kier alpha value is -2.32. The number of carbonyl (C=O) groups excluding carboxylic acids is 2. The van der Waals surface area contributed by atoms with Crippen molar-refractivity contribution in [1.82, 2.24) is 25.4 Å². The Morgan fingerprint density at radius 2 is 2.26 bits per heavy atom. The first-order valence-electron chi connectivity index (χ1n) is 6.57. The number of hydrogen-bond donors (Lipinski definition) is 2. The predicted molar refractivity (Wildman–Crippen MR) is 88.8 cm³/mol. The van der Waals surface area contributed by atoms with E-state index in [9.17, 15) is 9.59 Å². The Balaban J connectivity index is 1.94. The number of benzene rings is 1. The SMILES string of the molecule is C=CCNC(=O)NC(=O)CSc1nncn1-c1cccc(Cl)c1. The van der Waals surface area contributed by atoms with Gasteiger partial charge in [0.15, 0.2) is 5.16 Å². The molecule has 7 nitrogen and oxygen atoms in total. The highest BCUT2D eigenvalue weighted by atomic mass is 35.5. The first-order valence-corrected chi connectivity index (χ1v) is 7.94. The van der Waals surface area contributed by atoms with Crippen LogP contribution in [0.4, 0.5) is 4.79 Å². The molecule has 0 fully saturated rings. The van der Waals surface area contributed by atoms with Crippen molar-refractivity contribution in [1.29, 1.82) is 0 Å². The van der Waals surface area contributed by atoms with Crippen LogP contribution in [0.25, 0.3) is 5.69 Å². The lowest BCUT2D eigenvalue weighted by Crippen LogP contribution is -2.40. The average Bonchev–Trinajstić information content (AvgIpc) is 2.99. The van der Waals surface area contributed by atoms with Crippen LogP contribution in [0.5, 0.6) is 0 Å². The molecular weight excluding hydrogens is 338 g/mol. The number of nitrogens with zero attached hydrogens (tertiary/aromatic N) is 3. The van der Waals surface area contributed by atoms with E-state index >= 15 is 0 Å². The number of halogens is 1. The number of thioether (sulfide) groups is 1. The normalized spacial score (nSPS) is 10.1. The minimum atomic E-state index is -0.563. The monoisotopic (exact) mass is 351 g/mol. The van der Waals surface area contributed by atoms with Crippen LogP contribution < -0.4 is 10.6 Å². The van der Waals surface area contributed by atoms with E-state index in [1.54, 1.807) is 16.7 Å². The Morgan fingerprint density at radius 1 is 1.43 bits per heavy atom. The summed E-state index contributed by atoms with van der Waals surface area (Å²) in [5, 5.41) is 13.6. The van der Waals surface area contributed by atoms with Crippen molar-refractivity contribution in [2.45, 2.75) is 5.16 Å². The molecule has 3 amide bonds. The number of imide groups is 1. The molecule has 2 N–H and O–H groups in total. The van der Waals surface area contributed by atoms with Gasteiger partial charge in [-0.15, -0.1) is 16.8 Å². The first-order chi connectivity index (χ1) is 11.1.